The molecule has 1 aromatic carbocycles. The molecule has 0 aliphatic rings. The van der Waals surface area contributed by atoms with Gasteiger partial charge in [-0.3, -0.25) is 4.90 Å². The number of nitrogens with two attached hydrogens (primary N) is 1. The molecule has 108 valence electrons. The second-order valence-corrected chi connectivity index (χ2v) is 5.60. The number of hydrogen-bond acceptors (Lipinski definition) is 3. The molecule has 0 radical (unpaired) electrons. The van der Waals surface area contributed by atoms with Crippen LogP contribution in [-0.4, -0.2) is 31.6 Å². The van der Waals surface area contributed by atoms with Gasteiger partial charge in [0.1, 0.15) is 0 Å². The monoisotopic (exact) mass is 268 g/mol. The summed E-state index contributed by atoms with van der Waals surface area (Å²) >= 11 is 0. The zero-order chi connectivity index (χ0) is 14.5. The quantitative estimate of drug-likeness (QED) is 0.826. The molecule has 0 saturated heterocycles. The Bertz CT molecular complexity index is 407. The smallest absolute Gasteiger partial charge is 0.169 e. The number of ether oxygens (including phenoxy) is 1. The Morgan fingerprint density at radius 2 is 2.05 bits per heavy atom. The summed E-state index contributed by atoms with van der Waals surface area (Å²) in [6.45, 7) is 9.21. The standard InChI is InChI=1S/C15H25FN2O/c1-5-18(11-15(2,3)10-17)9-12-7-6-8-13(19-4)14(12)16/h6-8H,5,9-11,17H2,1-4H3. The Kier molecular flexibility index (Phi) is 5.76. The highest BCUT2D eigenvalue weighted by Gasteiger charge is 2.20. The molecule has 0 aromatic heterocycles. The summed E-state index contributed by atoms with van der Waals surface area (Å²) in [5, 5.41) is 0. The summed E-state index contributed by atoms with van der Waals surface area (Å²) in [6, 6.07) is 5.26. The van der Waals surface area contributed by atoms with Gasteiger partial charge in [0, 0.05) is 18.7 Å². The van der Waals surface area contributed by atoms with E-state index in [1.54, 1.807) is 12.1 Å². The van der Waals surface area contributed by atoms with Crippen molar-refractivity contribution in [3.8, 4) is 5.75 Å². The van der Waals surface area contributed by atoms with E-state index >= 15 is 0 Å². The van der Waals surface area contributed by atoms with Crippen LogP contribution < -0.4 is 10.5 Å². The van der Waals surface area contributed by atoms with Crippen LogP contribution in [0.25, 0.3) is 0 Å². The number of halogens is 1. The molecule has 19 heavy (non-hydrogen) atoms. The predicted octanol–water partition coefficient (Wildman–Crippen LogP) is 2.64. The minimum Gasteiger partial charge on any atom is -0.494 e. The molecule has 0 heterocycles. The minimum absolute atomic E-state index is 0.0331. The molecule has 0 saturated carbocycles. The fourth-order valence-corrected chi connectivity index (χ4v) is 2.03. The molecule has 0 bridgehead atoms. The molecule has 1 rings (SSSR count). The number of benzene rings is 1. The number of rotatable bonds is 7. The molecule has 0 fully saturated rings. The lowest BCUT2D eigenvalue weighted by Gasteiger charge is -2.31. The maximum Gasteiger partial charge on any atom is 0.169 e. The fraction of sp³-hybridized carbons (Fsp3) is 0.600. The molecule has 0 spiro atoms. The van der Waals surface area contributed by atoms with Gasteiger partial charge in [-0.2, -0.15) is 0 Å². The van der Waals surface area contributed by atoms with E-state index in [4.69, 9.17) is 10.5 Å². The maximum absolute atomic E-state index is 14.1. The van der Waals surface area contributed by atoms with Gasteiger partial charge in [0.2, 0.25) is 0 Å². The maximum atomic E-state index is 14.1. The molecule has 0 atom stereocenters. The van der Waals surface area contributed by atoms with Gasteiger partial charge in [0.25, 0.3) is 0 Å². The van der Waals surface area contributed by atoms with Crippen LogP contribution in [0.3, 0.4) is 0 Å². The zero-order valence-electron chi connectivity index (χ0n) is 12.4. The van der Waals surface area contributed by atoms with Crippen molar-refractivity contribution >= 4 is 0 Å². The van der Waals surface area contributed by atoms with E-state index in [1.807, 2.05) is 6.07 Å². The van der Waals surface area contributed by atoms with Crippen molar-refractivity contribution in [2.45, 2.75) is 27.3 Å². The van der Waals surface area contributed by atoms with E-state index in [-0.39, 0.29) is 11.2 Å². The van der Waals surface area contributed by atoms with Crippen molar-refractivity contribution in [2.75, 3.05) is 26.7 Å². The van der Waals surface area contributed by atoms with E-state index in [2.05, 4.69) is 25.7 Å². The van der Waals surface area contributed by atoms with Gasteiger partial charge in [0.15, 0.2) is 11.6 Å². The first kappa shape index (κ1) is 15.9. The highest BCUT2D eigenvalue weighted by atomic mass is 19.1. The molecule has 0 aliphatic carbocycles. The van der Waals surface area contributed by atoms with Crippen LogP contribution >= 0.6 is 0 Å². The number of hydrogen-bond donors (Lipinski definition) is 1. The lowest BCUT2D eigenvalue weighted by atomic mass is 9.93. The zero-order valence-corrected chi connectivity index (χ0v) is 12.4. The Balaban J connectivity index is 2.82. The molecule has 4 heteroatoms. The van der Waals surface area contributed by atoms with Crippen LogP contribution in [0.5, 0.6) is 5.75 Å². The highest BCUT2D eigenvalue weighted by molar-refractivity contribution is 5.30. The third-order valence-corrected chi connectivity index (χ3v) is 3.31. The molecule has 2 N–H and O–H groups in total. The molecular weight excluding hydrogens is 243 g/mol. The van der Waals surface area contributed by atoms with E-state index in [9.17, 15) is 4.39 Å². The van der Waals surface area contributed by atoms with Gasteiger partial charge >= 0.3 is 0 Å². The van der Waals surface area contributed by atoms with Crippen LogP contribution in [0.15, 0.2) is 18.2 Å². The SMILES string of the molecule is CCN(Cc1cccc(OC)c1F)CC(C)(C)CN. The van der Waals surface area contributed by atoms with Gasteiger partial charge in [-0.25, -0.2) is 4.39 Å². The van der Waals surface area contributed by atoms with Gasteiger partial charge in [0.05, 0.1) is 7.11 Å². The largest absolute Gasteiger partial charge is 0.494 e. The average Bonchev–Trinajstić information content (AvgIpc) is 2.40. The Labute approximate surface area is 115 Å². The van der Waals surface area contributed by atoms with E-state index in [0.717, 1.165) is 13.1 Å². The van der Waals surface area contributed by atoms with E-state index in [0.29, 0.717) is 24.4 Å². The summed E-state index contributed by atoms with van der Waals surface area (Å²) in [7, 11) is 1.48. The lowest BCUT2D eigenvalue weighted by molar-refractivity contribution is 0.181. The predicted molar refractivity (Wildman–Crippen MR) is 76.7 cm³/mol. The normalized spacial score (nSPS) is 11.9. The molecule has 0 amide bonds. The van der Waals surface area contributed by atoms with Crippen LogP contribution in [0.1, 0.15) is 26.3 Å². The van der Waals surface area contributed by atoms with Gasteiger partial charge in [-0.05, 0) is 24.6 Å². The minimum atomic E-state index is -0.269. The van der Waals surface area contributed by atoms with Crippen molar-refractivity contribution in [3.63, 3.8) is 0 Å². The third-order valence-electron chi connectivity index (χ3n) is 3.31. The Morgan fingerprint density at radius 1 is 1.37 bits per heavy atom. The van der Waals surface area contributed by atoms with Crippen molar-refractivity contribution in [1.82, 2.24) is 4.90 Å². The van der Waals surface area contributed by atoms with Crippen LogP contribution in [0.2, 0.25) is 0 Å². The fourth-order valence-electron chi connectivity index (χ4n) is 2.03. The lowest BCUT2D eigenvalue weighted by Crippen LogP contribution is -2.38. The number of methoxy groups -OCH3 is 1. The first-order valence-corrected chi connectivity index (χ1v) is 6.67. The van der Waals surface area contributed by atoms with Crippen LogP contribution in [0.4, 0.5) is 4.39 Å². The molecule has 0 unspecified atom stereocenters. The van der Waals surface area contributed by atoms with Gasteiger partial charge < -0.3 is 10.5 Å². The third kappa shape index (κ3) is 4.48. The van der Waals surface area contributed by atoms with Gasteiger partial charge in [-0.1, -0.05) is 32.9 Å². The first-order chi connectivity index (χ1) is 8.93. The molecule has 0 aliphatic heterocycles. The highest BCUT2D eigenvalue weighted by Crippen LogP contribution is 2.23. The summed E-state index contributed by atoms with van der Waals surface area (Å²) < 4.78 is 19.1. The Morgan fingerprint density at radius 3 is 2.58 bits per heavy atom. The molecule has 1 aromatic rings. The van der Waals surface area contributed by atoms with E-state index < -0.39 is 0 Å². The summed E-state index contributed by atoms with van der Waals surface area (Å²) in [6.07, 6.45) is 0. The summed E-state index contributed by atoms with van der Waals surface area (Å²) in [5.41, 5.74) is 6.45. The Hall–Kier alpha value is -1.13. The van der Waals surface area contributed by atoms with Crippen molar-refractivity contribution in [1.29, 1.82) is 0 Å². The topological polar surface area (TPSA) is 38.5 Å². The summed E-state index contributed by atoms with van der Waals surface area (Å²) in [4.78, 5) is 2.20. The van der Waals surface area contributed by atoms with Crippen LogP contribution in [-0.2, 0) is 6.54 Å². The second-order valence-electron chi connectivity index (χ2n) is 5.60. The molecular formula is C15H25FN2O. The number of nitrogens with zero attached hydrogens (tertiary/aromatic N) is 1. The van der Waals surface area contributed by atoms with Crippen molar-refractivity contribution in [2.24, 2.45) is 11.1 Å². The van der Waals surface area contributed by atoms with Gasteiger partial charge in [-0.15, -0.1) is 0 Å². The molecule has 3 nitrogen and oxygen atoms in total. The summed E-state index contributed by atoms with van der Waals surface area (Å²) in [5.74, 6) is 0.0284. The second kappa shape index (κ2) is 6.87. The van der Waals surface area contributed by atoms with Crippen molar-refractivity contribution < 1.29 is 9.13 Å². The van der Waals surface area contributed by atoms with Crippen LogP contribution in [0, 0.1) is 11.2 Å². The first-order valence-electron chi connectivity index (χ1n) is 6.67. The van der Waals surface area contributed by atoms with E-state index in [1.165, 1.54) is 7.11 Å². The van der Waals surface area contributed by atoms with Crippen molar-refractivity contribution in [3.05, 3.63) is 29.6 Å². The average molecular weight is 268 g/mol.